The maximum Gasteiger partial charge on any atom is 0.0854 e. The number of benzene rings is 1. The molecule has 0 bridgehead atoms. The van der Waals surface area contributed by atoms with Gasteiger partial charge in [-0.15, -0.1) is 0 Å². The number of nitrogens with zero attached hydrogens (tertiary/aromatic N) is 2. The average Bonchev–Trinajstić information content (AvgIpc) is 2.46. The summed E-state index contributed by atoms with van der Waals surface area (Å²) in [5.41, 5.74) is 2.95. The van der Waals surface area contributed by atoms with E-state index in [1.165, 1.54) is 23.9 Å². The number of pyridine rings is 1. The topological polar surface area (TPSA) is 36.4 Å². The van der Waals surface area contributed by atoms with E-state index in [0.717, 1.165) is 30.2 Å². The Hall–Kier alpha value is -1.61. The predicted molar refractivity (Wildman–Crippen MR) is 78.3 cm³/mol. The lowest BCUT2D eigenvalue weighted by molar-refractivity contribution is 0.277. The van der Waals surface area contributed by atoms with Crippen molar-refractivity contribution in [2.75, 3.05) is 18.0 Å². The second kappa shape index (κ2) is 5.17. The summed E-state index contributed by atoms with van der Waals surface area (Å²) in [4.78, 5) is 6.93. The van der Waals surface area contributed by atoms with E-state index in [1.54, 1.807) is 0 Å². The molecule has 1 aliphatic heterocycles. The van der Waals surface area contributed by atoms with Crippen LogP contribution in [-0.2, 0) is 6.61 Å². The Labute approximate surface area is 113 Å². The maximum absolute atomic E-state index is 9.39. The molecule has 1 aliphatic rings. The number of hydrogen-bond acceptors (Lipinski definition) is 3. The van der Waals surface area contributed by atoms with E-state index >= 15 is 0 Å². The normalized spacial score (nSPS) is 19.9. The molecule has 2 aromatic rings. The highest BCUT2D eigenvalue weighted by atomic mass is 16.3. The Morgan fingerprint density at radius 2 is 2.21 bits per heavy atom. The molecule has 0 amide bonds. The van der Waals surface area contributed by atoms with E-state index in [2.05, 4.69) is 28.9 Å². The molecule has 0 radical (unpaired) electrons. The summed E-state index contributed by atoms with van der Waals surface area (Å²) in [5, 5.41) is 10.6. The molecule has 1 saturated heterocycles. The first-order valence-electron chi connectivity index (χ1n) is 7.02. The van der Waals surface area contributed by atoms with Crippen molar-refractivity contribution in [1.82, 2.24) is 4.98 Å². The zero-order valence-electron chi connectivity index (χ0n) is 11.3. The molecule has 1 atom stereocenters. The van der Waals surface area contributed by atoms with Crippen LogP contribution in [0.5, 0.6) is 0 Å². The Morgan fingerprint density at radius 3 is 3.00 bits per heavy atom. The van der Waals surface area contributed by atoms with Crippen LogP contribution >= 0.6 is 0 Å². The monoisotopic (exact) mass is 256 g/mol. The Balaban J connectivity index is 2.10. The van der Waals surface area contributed by atoms with Crippen molar-refractivity contribution >= 4 is 16.6 Å². The average molecular weight is 256 g/mol. The molecular weight excluding hydrogens is 236 g/mol. The quantitative estimate of drug-likeness (QED) is 0.897. The number of fused-ring (bicyclic) bond motifs is 1. The van der Waals surface area contributed by atoms with Crippen LogP contribution in [0.1, 0.15) is 25.5 Å². The van der Waals surface area contributed by atoms with Crippen molar-refractivity contribution in [3.63, 3.8) is 0 Å². The van der Waals surface area contributed by atoms with Crippen molar-refractivity contribution in [3.8, 4) is 0 Å². The van der Waals surface area contributed by atoms with Gasteiger partial charge in [0, 0.05) is 24.2 Å². The van der Waals surface area contributed by atoms with Crippen LogP contribution in [0, 0.1) is 5.92 Å². The molecule has 0 spiro atoms. The van der Waals surface area contributed by atoms with E-state index < -0.39 is 0 Å². The van der Waals surface area contributed by atoms with Crippen molar-refractivity contribution in [3.05, 3.63) is 36.0 Å². The maximum atomic E-state index is 9.39. The number of aliphatic hydroxyl groups excluding tert-OH is 1. The summed E-state index contributed by atoms with van der Waals surface area (Å²) in [7, 11) is 0. The smallest absolute Gasteiger partial charge is 0.0854 e. The summed E-state index contributed by atoms with van der Waals surface area (Å²) in [6.45, 7) is 4.51. The first kappa shape index (κ1) is 12.4. The molecule has 1 fully saturated rings. The zero-order valence-corrected chi connectivity index (χ0v) is 11.3. The van der Waals surface area contributed by atoms with Crippen LogP contribution in [-0.4, -0.2) is 23.2 Å². The summed E-state index contributed by atoms with van der Waals surface area (Å²) < 4.78 is 0. The third-order valence-corrected chi connectivity index (χ3v) is 3.91. The van der Waals surface area contributed by atoms with Gasteiger partial charge in [-0.1, -0.05) is 25.1 Å². The van der Waals surface area contributed by atoms with Gasteiger partial charge in [0.15, 0.2) is 0 Å². The summed E-state index contributed by atoms with van der Waals surface area (Å²) >= 11 is 0. The largest absolute Gasteiger partial charge is 0.390 e. The molecule has 1 N–H and O–H groups in total. The Kier molecular flexibility index (Phi) is 3.38. The summed E-state index contributed by atoms with van der Waals surface area (Å²) in [5.74, 6) is 0.734. The molecule has 3 rings (SSSR count). The van der Waals surface area contributed by atoms with Crippen molar-refractivity contribution < 1.29 is 5.11 Å². The number of hydrogen-bond donors (Lipinski definition) is 1. The van der Waals surface area contributed by atoms with Crippen LogP contribution in [0.2, 0.25) is 0 Å². The summed E-state index contributed by atoms with van der Waals surface area (Å²) in [6, 6.07) is 10.2. The highest BCUT2D eigenvalue weighted by Crippen LogP contribution is 2.30. The lowest BCUT2D eigenvalue weighted by Gasteiger charge is -2.33. The Bertz CT molecular complexity index is 582. The number of para-hydroxylation sites is 1. The highest BCUT2D eigenvalue weighted by Gasteiger charge is 2.19. The van der Waals surface area contributed by atoms with Gasteiger partial charge in [-0.25, -0.2) is 0 Å². The molecule has 0 aliphatic carbocycles. The lowest BCUT2D eigenvalue weighted by atomic mass is 9.99. The predicted octanol–water partition coefficient (Wildman–Crippen LogP) is 2.96. The molecule has 3 heteroatoms. The second-order valence-electron chi connectivity index (χ2n) is 5.50. The fourth-order valence-electron chi connectivity index (χ4n) is 2.96. The molecule has 3 nitrogen and oxygen atoms in total. The number of piperidine rings is 1. The standard InChI is InChI=1S/C16H20N2O/c1-12-5-4-8-18(10-12)16-9-13(11-19)17-15-7-3-2-6-14(15)16/h2-3,6-7,9,12,19H,4-5,8,10-11H2,1H3. The van der Waals surface area contributed by atoms with E-state index in [9.17, 15) is 5.11 Å². The van der Waals surface area contributed by atoms with Gasteiger partial charge in [0.1, 0.15) is 0 Å². The second-order valence-corrected chi connectivity index (χ2v) is 5.50. The van der Waals surface area contributed by atoms with E-state index in [0.29, 0.717) is 0 Å². The van der Waals surface area contributed by atoms with Gasteiger partial charge in [0.25, 0.3) is 0 Å². The zero-order chi connectivity index (χ0) is 13.2. The van der Waals surface area contributed by atoms with Crippen LogP contribution in [0.4, 0.5) is 5.69 Å². The minimum Gasteiger partial charge on any atom is -0.390 e. The fourth-order valence-corrected chi connectivity index (χ4v) is 2.96. The third kappa shape index (κ3) is 2.43. The van der Waals surface area contributed by atoms with Crippen LogP contribution in [0.15, 0.2) is 30.3 Å². The molecule has 0 saturated carbocycles. The molecule has 1 aromatic carbocycles. The van der Waals surface area contributed by atoms with Crippen LogP contribution in [0.3, 0.4) is 0 Å². The van der Waals surface area contributed by atoms with Gasteiger partial charge >= 0.3 is 0 Å². The molecule has 1 aromatic heterocycles. The molecule has 1 unspecified atom stereocenters. The van der Waals surface area contributed by atoms with Crippen molar-refractivity contribution in [1.29, 1.82) is 0 Å². The van der Waals surface area contributed by atoms with E-state index in [-0.39, 0.29) is 6.61 Å². The molecule has 19 heavy (non-hydrogen) atoms. The first-order chi connectivity index (χ1) is 9.28. The number of rotatable bonds is 2. The van der Waals surface area contributed by atoms with E-state index in [1.807, 2.05) is 18.2 Å². The SMILES string of the molecule is CC1CCCN(c2cc(CO)nc3ccccc23)C1. The number of anilines is 1. The number of aromatic nitrogens is 1. The molecular formula is C16H20N2O. The first-order valence-corrected chi connectivity index (χ1v) is 7.02. The van der Waals surface area contributed by atoms with Gasteiger partial charge in [-0.3, -0.25) is 4.98 Å². The van der Waals surface area contributed by atoms with Gasteiger partial charge in [0.05, 0.1) is 17.8 Å². The highest BCUT2D eigenvalue weighted by molar-refractivity contribution is 5.92. The van der Waals surface area contributed by atoms with E-state index in [4.69, 9.17) is 0 Å². The lowest BCUT2D eigenvalue weighted by Crippen LogP contribution is -2.34. The third-order valence-electron chi connectivity index (χ3n) is 3.91. The van der Waals surface area contributed by atoms with Crippen molar-refractivity contribution in [2.24, 2.45) is 5.92 Å². The van der Waals surface area contributed by atoms with Crippen LogP contribution in [0.25, 0.3) is 10.9 Å². The summed E-state index contributed by atoms with van der Waals surface area (Å²) in [6.07, 6.45) is 2.55. The minimum absolute atomic E-state index is 0.00122. The van der Waals surface area contributed by atoms with Gasteiger partial charge < -0.3 is 10.0 Å². The molecule has 2 heterocycles. The molecule has 100 valence electrons. The van der Waals surface area contributed by atoms with Crippen LogP contribution < -0.4 is 4.90 Å². The minimum atomic E-state index is 0.00122. The fraction of sp³-hybridized carbons (Fsp3) is 0.438. The van der Waals surface area contributed by atoms with Gasteiger partial charge in [0.2, 0.25) is 0 Å². The van der Waals surface area contributed by atoms with Gasteiger partial charge in [-0.2, -0.15) is 0 Å². The number of aliphatic hydroxyl groups is 1. The Morgan fingerprint density at radius 1 is 1.37 bits per heavy atom. The van der Waals surface area contributed by atoms with Gasteiger partial charge in [-0.05, 0) is 30.9 Å². The van der Waals surface area contributed by atoms with Crippen molar-refractivity contribution in [2.45, 2.75) is 26.4 Å².